The number of anilines is 1. The summed E-state index contributed by atoms with van der Waals surface area (Å²) in [6, 6.07) is 2.41. The number of aryl methyl sites for hydroxylation is 1. The Bertz CT molecular complexity index is 468. The summed E-state index contributed by atoms with van der Waals surface area (Å²) in [4.78, 5) is 12.4. The summed E-state index contributed by atoms with van der Waals surface area (Å²) in [5.74, 6) is -0.570. The van der Waals surface area contributed by atoms with Gasteiger partial charge in [-0.05, 0) is 25.6 Å². The molecule has 0 aliphatic rings. The molecule has 0 amide bonds. The minimum Gasteiger partial charge on any atom is -0.383 e. The normalized spacial score (nSPS) is 10.8. The fourth-order valence-electron chi connectivity index (χ4n) is 1.70. The van der Waals surface area contributed by atoms with Crippen molar-refractivity contribution in [2.24, 2.45) is 0 Å². The first-order chi connectivity index (χ1) is 9.45. The van der Waals surface area contributed by atoms with Crippen LogP contribution in [0.5, 0.6) is 0 Å². The highest BCUT2D eigenvalue weighted by molar-refractivity contribution is 5.63. The van der Waals surface area contributed by atoms with Crippen LogP contribution in [0, 0.1) is 22.9 Å². The van der Waals surface area contributed by atoms with Gasteiger partial charge in [0, 0.05) is 26.7 Å². The van der Waals surface area contributed by atoms with E-state index in [0.29, 0.717) is 30.9 Å². The molecule has 112 valence electrons. The van der Waals surface area contributed by atoms with Gasteiger partial charge >= 0.3 is 0 Å². The molecule has 1 aromatic carbocycles. The lowest BCUT2D eigenvalue weighted by atomic mass is 10.2. The Morgan fingerprint density at radius 1 is 1.45 bits per heavy atom. The van der Waals surface area contributed by atoms with Gasteiger partial charge in [0.25, 0.3) is 5.69 Å². The van der Waals surface area contributed by atoms with Crippen LogP contribution in [0.2, 0.25) is 0 Å². The van der Waals surface area contributed by atoms with Crippen molar-refractivity contribution in [3.63, 3.8) is 0 Å². The Morgan fingerprint density at radius 2 is 2.15 bits per heavy atom. The molecule has 6 nitrogen and oxygen atoms in total. The van der Waals surface area contributed by atoms with E-state index in [-0.39, 0.29) is 5.69 Å². The van der Waals surface area contributed by atoms with E-state index in [9.17, 15) is 14.5 Å². The van der Waals surface area contributed by atoms with Crippen molar-refractivity contribution < 1.29 is 14.1 Å². The molecule has 0 atom stereocenters. The third-order valence-electron chi connectivity index (χ3n) is 2.96. The number of nitrogens with zero attached hydrogens (tertiary/aromatic N) is 2. The predicted molar refractivity (Wildman–Crippen MR) is 75.7 cm³/mol. The van der Waals surface area contributed by atoms with E-state index in [1.54, 1.807) is 14.0 Å². The number of methoxy groups -OCH3 is 1. The number of rotatable bonds is 8. The second-order valence-corrected chi connectivity index (χ2v) is 4.60. The van der Waals surface area contributed by atoms with Gasteiger partial charge in [0.15, 0.2) is 0 Å². The van der Waals surface area contributed by atoms with Crippen LogP contribution >= 0.6 is 0 Å². The molecule has 0 aliphatic carbocycles. The molecule has 0 radical (unpaired) electrons. The van der Waals surface area contributed by atoms with E-state index in [4.69, 9.17) is 4.74 Å². The molecule has 0 heterocycles. The third kappa shape index (κ3) is 4.75. The molecule has 1 rings (SSSR count). The van der Waals surface area contributed by atoms with Crippen LogP contribution in [0.15, 0.2) is 12.1 Å². The monoisotopic (exact) mass is 285 g/mol. The number of nitrogens with one attached hydrogen (secondary N) is 1. The first-order valence-corrected chi connectivity index (χ1v) is 6.31. The van der Waals surface area contributed by atoms with E-state index in [1.807, 2.05) is 11.9 Å². The summed E-state index contributed by atoms with van der Waals surface area (Å²) in [6.07, 6.45) is 0. The molecular formula is C13H20FN3O3. The highest BCUT2D eigenvalue weighted by Crippen LogP contribution is 2.27. The highest BCUT2D eigenvalue weighted by atomic mass is 19.1. The van der Waals surface area contributed by atoms with Gasteiger partial charge in [0.2, 0.25) is 0 Å². The fourth-order valence-corrected chi connectivity index (χ4v) is 1.70. The number of halogens is 1. The van der Waals surface area contributed by atoms with Gasteiger partial charge in [-0.3, -0.25) is 10.1 Å². The predicted octanol–water partition coefficient (Wildman–Crippen LogP) is 2.03. The minimum absolute atomic E-state index is 0.243. The number of likely N-dealkylation sites (N-methyl/N-ethyl adjacent to an activating group) is 1. The summed E-state index contributed by atoms with van der Waals surface area (Å²) >= 11 is 0. The molecule has 1 aromatic rings. The molecule has 0 spiro atoms. The van der Waals surface area contributed by atoms with Crippen molar-refractivity contribution in [2.75, 3.05) is 45.7 Å². The van der Waals surface area contributed by atoms with Gasteiger partial charge in [-0.2, -0.15) is 0 Å². The van der Waals surface area contributed by atoms with Crippen molar-refractivity contribution in [1.29, 1.82) is 0 Å². The van der Waals surface area contributed by atoms with E-state index in [1.165, 1.54) is 6.07 Å². The Balaban J connectivity index is 2.63. The van der Waals surface area contributed by atoms with Crippen molar-refractivity contribution in [3.8, 4) is 0 Å². The summed E-state index contributed by atoms with van der Waals surface area (Å²) < 4.78 is 18.3. The van der Waals surface area contributed by atoms with Gasteiger partial charge in [-0.15, -0.1) is 0 Å². The van der Waals surface area contributed by atoms with Crippen LogP contribution in [-0.4, -0.2) is 50.2 Å². The summed E-state index contributed by atoms with van der Waals surface area (Å²) in [5.41, 5.74) is 0.479. The molecule has 20 heavy (non-hydrogen) atoms. The zero-order valence-corrected chi connectivity index (χ0v) is 12.0. The molecule has 0 aromatic heterocycles. The lowest BCUT2D eigenvalue weighted by Crippen LogP contribution is -2.28. The zero-order valence-electron chi connectivity index (χ0n) is 12.0. The maximum atomic E-state index is 13.4. The first-order valence-electron chi connectivity index (χ1n) is 6.31. The second-order valence-electron chi connectivity index (χ2n) is 4.60. The van der Waals surface area contributed by atoms with E-state index >= 15 is 0 Å². The minimum atomic E-state index is -0.584. The van der Waals surface area contributed by atoms with E-state index in [0.717, 1.165) is 12.6 Å². The number of hydrogen-bond acceptors (Lipinski definition) is 5. The molecule has 7 heteroatoms. The first kappa shape index (κ1) is 16.3. The van der Waals surface area contributed by atoms with E-state index < -0.39 is 10.7 Å². The lowest BCUT2D eigenvalue weighted by molar-refractivity contribution is -0.384. The van der Waals surface area contributed by atoms with E-state index in [2.05, 4.69) is 5.32 Å². The summed E-state index contributed by atoms with van der Waals surface area (Å²) in [6.45, 7) is 4.23. The number of hydrogen-bond donors (Lipinski definition) is 1. The number of nitro groups is 1. The van der Waals surface area contributed by atoms with Crippen LogP contribution in [0.4, 0.5) is 15.8 Å². The standard InChI is InChI=1S/C13H20FN3O3/c1-10-8-12(13(17(18)19)9-11(10)14)15-4-5-16(2)6-7-20-3/h8-9,15H,4-7H2,1-3H3. The van der Waals surface area contributed by atoms with Gasteiger partial charge in [0.1, 0.15) is 11.5 Å². The smallest absolute Gasteiger partial charge is 0.295 e. The molecule has 1 N–H and O–H groups in total. The number of benzene rings is 1. The van der Waals surface area contributed by atoms with Crippen LogP contribution in [-0.2, 0) is 4.74 Å². The maximum absolute atomic E-state index is 13.4. The van der Waals surface area contributed by atoms with Crippen molar-refractivity contribution >= 4 is 11.4 Å². The van der Waals surface area contributed by atoms with Gasteiger partial charge < -0.3 is 15.0 Å². The van der Waals surface area contributed by atoms with Crippen molar-refractivity contribution in [3.05, 3.63) is 33.6 Å². The Labute approximate surface area is 117 Å². The highest BCUT2D eigenvalue weighted by Gasteiger charge is 2.16. The topological polar surface area (TPSA) is 67.6 Å². The molecule has 0 aliphatic heterocycles. The van der Waals surface area contributed by atoms with Crippen LogP contribution in [0.25, 0.3) is 0 Å². The van der Waals surface area contributed by atoms with Crippen LogP contribution < -0.4 is 5.32 Å². The van der Waals surface area contributed by atoms with Crippen LogP contribution in [0.1, 0.15) is 5.56 Å². The van der Waals surface area contributed by atoms with Crippen molar-refractivity contribution in [2.45, 2.75) is 6.92 Å². The van der Waals surface area contributed by atoms with Crippen molar-refractivity contribution in [1.82, 2.24) is 4.90 Å². The molecule has 0 saturated carbocycles. The maximum Gasteiger partial charge on any atom is 0.295 e. The quantitative estimate of drug-likeness (QED) is 0.584. The SMILES string of the molecule is COCCN(C)CCNc1cc(C)c(F)cc1[N+](=O)[O-]. The summed E-state index contributed by atoms with van der Waals surface area (Å²) in [5, 5.41) is 13.9. The Hall–Kier alpha value is -1.73. The van der Waals surface area contributed by atoms with Gasteiger partial charge in [-0.1, -0.05) is 0 Å². The molecule has 0 unspecified atom stereocenters. The molecule has 0 bridgehead atoms. The third-order valence-corrected chi connectivity index (χ3v) is 2.96. The Morgan fingerprint density at radius 3 is 2.75 bits per heavy atom. The average Bonchev–Trinajstić information content (AvgIpc) is 2.39. The number of ether oxygens (including phenoxy) is 1. The molecular weight excluding hydrogens is 265 g/mol. The largest absolute Gasteiger partial charge is 0.383 e. The zero-order chi connectivity index (χ0) is 15.1. The van der Waals surface area contributed by atoms with Gasteiger partial charge in [0.05, 0.1) is 17.6 Å². The summed E-state index contributed by atoms with van der Waals surface area (Å²) in [7, 11) is 3.57. The second kappa shape index (κ2) is 7.76. The van der Waals surface area contributed by atoms with Gasteiger partial charge in [-0.25, -0.2) is 4.39 Å². The molecule has 0 saturated heterocycles. The average molecular weight is 285 g/mol. The molecule has 0 fully saturated rings. The number of nitro benzene ring substituents is 1. The Kier molecular flexibility index (Phi) is 6.33. The lowest BCUT2D eigenvalue weighted by Gasteiger charge is -2.16. The van der Waals surface area contributed by atoms with Crippen LogP contribution in [0.3, 0.4) is 0 Å². The fraction of sp³-hybridized carbons (Fsp3) is 0.538.